The molecule has 27 heavy (non-hydrogen) atoms. The van der Waals surface area contributed by atoms with Gasteiger partial charge in [-0.15, -0.1) is 15.3 Å². The first-order chi connectivity index (χ1) is 12.7. The minimum Gasteiger partial charge on any atom is -0.372 e. The molecule has 0 bridgehead atoms. The van der Waals surface area contributed by atoms with Gasteiger partial charge in [0, 0.05) is 24.5 Å². The number of nitrogens with zero attached hydrogens (tertiary/aromatic N) is 5. The van der Waals surface area contributed by atoms with E-state index in [-0.39, 0.29) is 9.97 Å². The third-order valence-electron chi connectivity index (χ3n) is 4.03. The van der Waals surface area contributed by atoms with Crippen LogP contribution in [0.15, 0.2) is 18.2 Å². The number of alkyl halides is 3. The zero-order valence-corrected chi connectivity index (χ0v) is 15.6. The van der Waals surface area contributed by atoms with E-state index in [1.807, 2.05) is 19.1 Å². The van der Waals surface area contributed by atoms with Crippen LogP contribution in [-0.4, -0.2) is 38.8 Å². The van der Waals surface area contributed by atoms with Gasteiger partial charge in [-0.2, -0.15) is 17.7 Å². The van der Waals surface area contributed by atoms with Crippen LogP contribution in [0.25, 0.3) is 4.96 Å². The van der Waals surface area contributed by atoms with Gasteiger partial charge in [-0.3, -0.25) is 4.79 Å². The molecule has 2 aromatic heterocycles. The van der Waals surface area contributed by atoms with Gasteiger partial charge in [0.05, 0.1) is 0 Å². The maximum atomic E-state index is 12.9. The van der Waals surface area contributed by atoms with Gasteiger partial charge in [0.2, 0.25) is 9.97 Å². The van der Waals surface area contributed by atoms with Crippen LogP contribution in [-0.2, 0) is 6.18 Å². The highest BCUT2D eigenvalue weighted by atomic mass is 32.1. The molecule has 1 amide bonds. The number of hydrogen-bond donors (Lipinski definition) is 1. The lowest BCUT2D eigenvalue weighted by molar-refractivity contribution is -0.146. The molecule has 144 valence electrons. The van der Waals surface area contributed by atoms with Crippen LogP contribution >= 0.6 is 11.3 Å². The fraction of sp³-hybridized carbons (Fsp3) is 0.375. The van der Waals surface area contributed by atoms with Crippen LogP contribution in [0, 0.1) is 6.92 Å². The highest BCUT2D eigenvalue weighted by Gasteiger charge is 2.38. The molecule has 0 spiro atoms. The van der Waals surface area contributed by atoms with Crippen molar-refractivity contribution in [3.63, 3.8) is 0 Å². The van der Waals surface area contributed by atoms with Gasteiger partial charge in [0.1, 0.15) is 0 Å². The van der Waals surface area contributed by atoms with E-state index in [2.05, 4.69) is 39.4 Å². The zero-order valence-electron chi connectivity index (χ0n) is 14.8. The van der Waals surface area contributed by atoms with Crippen molar-refractivity contribution in [2.24, 2.45) is 0 Å². The SMILES string of the molecule is CCN(CC)c1ccc(NC(=O)c2nn3c(C(F)(F)F)nnc3s2)c(C)c1. The number of fused-ring (bicyclic) bond motifs is 1. The summed E-state index contributed by atoms with van der Waals surface area (Å²) in [4.78, 5) is 14.5. The van der Waals surface area contributed by atoms with Gasteiger partial charge in [-0.1, -0.05) is 11.3 Å². The molecular formula is C16H17F3N6OS. The first kappa shape index (κ1) is 19.1. The Labute approximate surface area is 156 Å². The Morgan fingerprint density at radius 3 is 2.56 bits per heavy atom. The molecular weight excluding hydrogens is 381 g/mol. The predicted octanol–water partition coefficient (Wildman–Crippen LogP) is 3.61. The van der Waals surface area contributed by atoms with Crippen molar-refractivity contribution in [1.29, 1.82) is 0 Å². The summed E-state index contributed by atoms with van der Waals surface area (Å²) in [5.41, 5.74) is 2.44. The number of halogens is 3. The van der Waals surface area contributed by atoms with Gasteiger partial charge in [-0.05, 0) is 44.5 Å². The van der Waals surface area contributed by atoms with E-state index in [9.17, 15) is 18.0 Å². The van der Waals surface area contributed by atoms with Gasteiger partial charge in [0.15, 0.2) is 0 Å². The van der Waals surface area contributed by atoms with Crippen molar-refractivity contribution in [2.45, 2.75) is 26.9 Å². The smallest absolute Gasteiger partial charge is 0.372 e. The fourth-order valence-electron chi connectivity index (χ4n) is 2.63. The summed E-state index contributed by atoms with van der Waals surface area (Å²) in [6, 6.07) is 5.60. The Kier molecular flexibility index (Phi) is 5.05. The number of hydrogen-bond acceptors (Lipinski definition) is 6. The van der Waals surface area contributed by atoms with E-state index >= 15 is 0 Å². The van der Waals surface area contributed by atoms with Crippen molar-refractivity contribution < 1.29 is 18.0 Å². The first-order valence-corrected chi connectivity index (χ1v) is 9.02. The molecule has 3 rings (SSSR count). The van der Waals surface area contributed by atoms with Crippen molar-refractivity contribution in [2.75, 3.05) is 23.3 Å². The number of aryl methyl sites for hydroxylation is 1. The minimum atomic E-state index is -4.70. The van der Waals surface area contributed by atoms with Gasteiger partial charge in [-0.25, -0.2) is 0 Å². The van der Waals surface area contributed by atoms with Gasteiger partial charge < -0.3 is 10.2 Å². The van der Waals surface area contributed by atoms with Crippen LogP contribution in [0.3, 0.4) is 0 Å². The second-order valence-corrected chi connectivity index (χ2v) is 6.70. The van der Waals surface area contributed by atoms with Crippen molar-refractivity contribution in [3.8, 4) is 0 Å². The lowest BCUT2D eigenvalue weighted by atomic mass is 10.1. The normalized spacial score (nSPS) is 11.8. The quantitative estimate of drug-likeness (QED) is 0.711. The van der Waals surface area contributed by atoms with E-state index in [1.54, 1.807) is 6.07 Å². The highest BCUT2D eigenvalue weighted by Crippen LogP contribution is 2.29. The topological polar surface area (TPSA) is 75.4 Å². The number of aromatic nitrogens is 4. The standard InChI is InChI=1S/C16H17F3N6OS/c1-4-24(5-2)10-6-7-11(9(3)8-10)20-12(26)13-23-25-14(16(17,18)19)21-22-15(25)27-13/h6-8H,4-5H2,1-3H3,(H,20,26). The molecule has 1 aromatic carbocycles. The van der Waals surface area contributed by atoms with E-state index in [0.29, 0.717) is 10.2 Å². The molecule has 0 atom stereocenters. The summed E-state index contributed by atoms with van der Waals surface area (Å²) in [6.07, 6.45) is -4.70. The summed E-state index contributed by atoms with van der Waals surface area (Å²) in [6.45, 7) is 7.67. The molecule has 0 aliphatic carbocycles. The lowest BCUT2D eigenvalue weighted by Crippen LogP contribution is -2.22. The number of carbonyl (C=O) groups is 1. The molecule has 0 aliphatic heterocycles. The zero-order chi connectivity index (χ0) is 19.8. The molecule has 0 radical (unpaired) electrons. The number of carbonyl (C=O) groups excluding carboxylic acids is 1. The van der Waals surface area contributed by atoms with Crippen LogP contribution in [0.2, 0.25) is 0 Å². The third kappa shape index (κ3) is 3.72. The highest BCUT2D eigenvalue weighted by molar-refractivity contribution is 7.18. The number of anilines is 2. The molecule has 1 N–H and O–H groups in total. The average Bonchev–Trinajstić information content (AvgIpc) is 3.17. The van der Waals surface area contributed by atoms with Crippen LogP contribution < -0.4 is 10.2 Å². The van der Waals surface area contributed by atoms with Crippen molar-refractivity contribution >= 4 is 33.6 Å². The molecule has 11 heteroatoms. The molecule has 0 fully saturated rings. The monoisotopic (exact) mass is 398 g/mol. The Hall–Kier alpha value is -2.69. The van der Waals surface area contributed by atoms with E-state index in [1.165, 1.54) is 0 Å². The number of nitrogens with one attached hydrogen (secondary N) is 1. The van der Waals surface area contributed by atoms with E-state index in [4.69, 9.17) is 0 Å². The Balaban J connectivity index is 1.83. The maximum Gasteiger partial charge on any atom is 0.453 e. The van der Waals surface area contributed by atoms with Crippen molar-refractivity contribution in [3.05, 3.63) is 34.6 Å². The molecule has 3 aromatic rings. The number of benzene rings is 1. The van der Waals surface area contributed by atoms with Gasteiger partial charge in [0.25, 0.3) is 11.7 Å². The largest absolute Gasteiger partial charge is 0.453 e. The third-order valence-corrected chi connectivity index (χ3v) is 4.92. The second kappa shape index (κ2) is 7.14. The average molecular weight is 398 g/mol. The molecule has 0 saturated heterocycles. The summed E-state index contributed by atoms with van der Waals surface area (Å²) < 4.78 is 39.1. The predicted molar refractivity (Wildman–Crippen MR) is 96.4 cm³/mol. The number of amides is 1. The second-order valence-electron chi connectivity index (χ2n) is 5.75. The Bertz CT molecular complexity index is 976. The Morgan fingerprint density at radius 2 is 1.96 bits per heavy atom. The molecule has 7 nitrogen and oxygen atoms in total. The molecule has 0 saturated carbocycles. The lowest BCUT2D eigenvalue weighted by Gasteiger charge is -2.22. The first-order valence-electron chi connectivity index (χ1n) is 8.21. The molecule has 2 heterocycles. The van der Waals surface area contributed by atoms with E-state index in [0.717, 1.165) is 35.7 Å². The minimum absolute atomic E-state index is 0.0962. The molecule has 0 unspecified atom stereocenters. The summed E-state index contributed by atoms with van der Waals surface area (Å²) in [5, 5.41) is 12.8. The summed E-state index contributed by atoms with van der Waals surface area (Å²) >= 11 is 0.741. The maximum absolute atomic E-state index is 12.9. The summed E-state index contributed by atoms with van der Waals surface area (Å²) in [7, 11) is 0. The summed E-state index contributed by atoms with van der Waals surface area (Å²) in [5.74, 6) is -1.86. The Morgan fingerprint density at radius 1 is 1.26 bits per heavy atom. The molecule has 0 aliphatic rings. The number of rotatable bonds is 5. The van der Waals surface area contributed by atoms with Crippen LogP contribution in [0.4, 0.5) is 24.5 Å². The fourth-order valence-corrected chi connectivity index (χ4v) is 3.37. The van der Waals surface area contributed by atoms with Crippen LogP contribution in [0.5, 0.6) is 0 Å². The van der Waals surface area contributed by atoms with Crippen LogP contribution in [0.1, 0.15) is 35.0 Å². The van der Waals surface area contributed by atoms with E-state index < -0.39 is 17.9 Å². The van der Waals surface area contributed by atoms with Crippen molar-refractivity contribution in [1.82, 2.24) is 19.8 Å². The van der Waals surface area contributed by atoms with Gasteiger partial charge >= 0.3 is 6.18 Å².